The smallest absolute Gasteiger partial charge is 0.263 e. The zero-order valence-corrected chi connectivity index (χ0v) is 21.7. The minimum absolute atomic E-state index is 0.00467. The van der Waals surface area contributed by atoms with Crippen LogP contribution in [0.3, 0.4) is 0 Å². The van der Waals surface area contributed by atoms with Crippen LogP contribution < -0.4 is 20.1 Å². The first-order valence-corrected chi connectivity index (χ1v) is 13.2. The van der Waals surface area contributed by atoms with Crippen LogP contribution in [0.5, 0.6) is 5.75 Å². The van der Waals surface area contributed by atoms with Gasteiger partial charge in [0.25, 0.3) is 15.9 Å². The van der Waals surface area contributed by atoms with E-state index in [9.17, 15) is 13.2 Å². The van der Waals surface area contributed by atoms with E-state index in [2.05, 4.69) is 35.3 Å². The third-order valence-corrected chi connectivity index (χ3v) is 6.91. The normalized spacial score (nSPS) is 11.1. The zero-order valence-electron chi connectivity index (χ0n) is 20.9. The Bertz CT molecular complexity index is 1780. The number of para-hydroxylation sites is 2. The van der Waals surface area contributed by atoms with E-state index in [0.717, 1.165) is 5.56 Å². The van der Waals surface area contributed by atoms with Crippen molar-refractivity contribution in [2.45, 2.75) is 11.8 Å². The number of hydrogen-bond donors (Lipinski definition) is 3. The summed E-state index contributed by atoms with van der Waals surface area (Å²) in [6.45, 7) is 1.92. The second kappa shape index (κ2) is 10.7. The fourth-order valence-electron chi connectivity index (χ4n) is 3.78. The number of carbonyl (C=O) groups is 1. The summed E-state index contributed by atoms with van der Waals surface area (Å²) in [5.41, 5.74) is 3.19. The van der Waals surface area contributed by atoms with Gasteiger partial charge in [-0.25, -0.2) is 28.4 Å². The Labute approximate surface area is 224 Å². The van der Waals surface area contributed by atoms with Gasteiger partial charge >= 0.3 is 0 Å². The SMILES string of the molecule is COc1cc(C)cc(Nc2nc3ccccc3nc2NS(=O)(=O)c2cccc(NC(=O)c3cncnc3)c2)c1. The molecule has 11 nitrogen and oxygen atoms in total. The molecular formula is C27H23N7O4S. The fourth-order valence-corrected chi connectivity index (χ4v) is 4.83. The van der Waals surface area contributed by atoms with Gasteiger partial charge in [0.15, 0.2) is 11.6 Å². The molecule has 0 saturated carbocycles. The van der Waals surface area contributed by atoms with Gasteiger partial charge in [-0.3, -0.25) is 9.52 Å². The van der Waals surface area contributed by atoms with Gasteiger partial charge in [-0.05, 0) is 55.0 Å². The minimum atomic E-state index is -4.13. The van der Waals surface area contributed by atoms with E-state index in [4.69, 9.17) is 4.74 Å². The Balaban J connectivity index is 1.47. The molecule has 0 unspecified atom stereocenters. The van der Waals surface area contributed by atoms with Crippen LogP contribution in [0.1, 0.15) is 15.9 Å². The minimum Gasteiger partial charge on any atom is -0.497 e. The first kappa shape index (κ1) is 25.5. The van der Waals surface area contributed by atoms with Crippen LogP contribution in [0.15, 0.2) is 90.3 Å². The van der Waals surface area contributed by atoms with Crippen LogP contribution in [0, 0.1) is 6.92 Å². The number of benzene rings is 3. The molecule has 12 heteroatoms. The Morgan fingerprint density at radius 2 is 1.56 bits per heavy atom. The van der Waals surface area contributed by atoms with Crippen LogP contribution >= 0.6 is 0 Å². The van der Waals surface area contributed by atoms with E-state index in [0.29, 0.717) is 22.5 Å². The molecule has 0 aliphatic rings. The Kier molecular flexibility index (Phi) is 7.02. The molecule has 0 aliphatic carbocycles. The summed E-state index contributed by atoms with van der Waals surface area (Å²) < 4.78 is 34.8. The summed E-state index contributed by atoms with van der Waals surface area (Å²) in [7, 11) is -2.57. The quantitative estimate of drug-likeness (QED) is 0.258. The second-order valence-electron chi connectivity index (χ2n) is 8.49. The maximum atomic E-state index is 13.4. The summed E-state index contributed by atoms with van der Waals surface area (Å²) in [6.07, 6.45) is 4.03. The molecule has 5 rings (SSSR count). The third kappa shape index (κ3) is 5.91. The van der Waals surface area contributed by atoms with Crippen molar-refractivity contribution in [2.75, 3.05) is 22.5 Å². The largest absolute Gasteiger partial charge is 0.497 e. The lowest BCUT2D eigenvalue weighted by Gasteiger charge is -2.15. The Morgan fingerprint density at radius 3 is 2.28 bits per heavy atom. The highest BCUT2D eigenvalue weighted by molar-refractivity contribution is 7.92. The van der Waals surface area contributed by atoms with Crippen molar-refractivity contribution in [2.24, 2.45) is 0 Å². The number of nitrogens with one attached hydrogen (secondary N) is 3. The predicted molar refractivity (Wildman–Crippen MR) is 148 cm³/mol. The highest BCUT2D eigenvalue weighted by atomic mass is 32.2. The summed E-state index contributed by atoms with van der Waals surface area (Å²) >= 11 is 0. The van der Waals surface area contributed by atoms with Crippen molar-refractivity contribution < 1.29 is 17.9 Å². The lowest BCUT2D eigenvalue weighted by molar-refractivity contribution is 0.102. The Hall–Kier alpha value is -5.10. The molecule has 0 atom stereocenters. The number of aryl methyl sites for hydroxylation is 1. The molecule has 3 N–H and O–H groups in total. The van der Waals surface area contributed by atoms with Crippen molar-refractivity contribution in [3.8, 4) is 5.75 Å². The molecule has 2 aromatic heterocycles. The average molecular weight is 542 g/mol. The molecule has 3 aromatic carbocycles. The van der Waals surface area contributed by atoms with Crippen molar-refractivity contribution in [1.29, 1.82) is 0 Å². The maximum Gasteiger partial charge on any atom is 0.263 e. The molecule has 0 spiro atoms. The number of rotatable bonds is 8. The number of hydrogen-bond acceptors (Lipinski definition) is 9. The number of nitrogens with zero attached hydrogens (tertiary/aromatic N) is 4. The monoisotopic (exact) mass is 541 g/mol. The molecule has 196 valence electrons. The van der Waals surface area contributed by atoms with E-state index < -0.39 is 15.9 Å². The average Bonchev–Trinajstić information content (AvgIpc) is 2.93. The molecule has 39 heavy (non-hydrogen) atoms. The summed E-state index contributed by atoms with van der Waals surface area (Å²) in [4.78, 5) is 29.2. The van der Waals surface area contributed by atoms with Crippen LogP contribution in [0.4, 0.5) is 23.0 Å². The molecule has 0 radical (unpaired) electrons. The second-order valence-corrected chi connectivity index (χ2v) is 10.2. The van der Waals surface area contributed by atoms with Gasteiger partial charge in [-0.1, -0.05) is 18.2 Å². The first-order chi connectivity index (χ1) is 18.8. The number of methoxy groups -OCH3 is 1. The number of aromatic nitrogens is 4. The van der Waals surface area contributed by atoms with E-state index in [-0.39, 0.29) is 27.8 Å². The highest BCUT2D eigenvalue weighted by Gasteiger charge is 2.20. The molecule has 0 saturated heterocycles. The number of fused-ring (bicyclic) bond motifs is 1. The molecule has 1 amide bonds. The van der Waals surface area contributed by atoms with E-state index in [1.54, 1.807) is 37.4 Å². The van der Waals surface area contributed by atoms with Gasteiger partial charge in [-0.15, -0.1) is 0 Å². The van der Waals surface area contributed by atoms with Crippen LogP contribution in [0.25, 0.3) is 11.0 Å². The molecular weight excluding hydrogens is 518 g/mol. The summed E-state index contributed by atoms with van der Waals surface area (Å²) in [5, 5.41) is 5.82. The predicted octanol–water partition coefficient (Wildman–Crippen LogP) is 4.53. The first-order valence-electron chi connectivity index (χ1n) is 11.7. The lowest BCUT2D eigenvalue weighted by Crippen LogP contribution is -2.17. The van der Waals surface area contributed by atoms with Gasteiger partial charge in [0.05, 0.1) is 28.6 Å². The fraction of sp³-hybridized carbons (Fsp3) is 0.0741. The van der Waals surface area contributed by atoms with Gasteiger partial charge in [0, 0.05) is 29.8 Å². The van der Waals surface area contributed by atoms with E-state index in [1.807, 2.05) is 25.1 Å². The number of amides is 1. The summed E-state index contributed by atoms with van der Waals surface area (Å²) in [6, 6.07) is 18.5. The number of ether oxygens (including phenoxy) is 1. The van der Waals surface area contributed by atoms with Gasteiger partial charge in [0.1, 0.15) is 12.1 Å². The van der Waals surface area contributed by atoms with Crippen LogP contribution in [0.2, 0.25) is 0 Å². The third-order valence-electron chi connectivity index (χ3n) is 5.58. The van der Waals surface area contributed by atoms with Gasteiger partial charge < -0.3 is 15.4 Å². The molecule has 0 bridgehead atoms. The molecule has 5 aromatic rings. The van der Waals surface area contributed by atoms with Gasteiger partial charge in [-0.2, -0.15) is 0 Å². The van der Waals surface area contributed by atoms with E-state index >= 15 is 0 Å². The molecule has 0 fully saturated rings. The van der Waals surface area contributed by atoms with Gasteiger partial charge in [0.2, 0.25) is 0 Å². The highest BCUT2D eigenvalue weighted by Crippen LogP contribution is 2.29. The molecule has 0 aliphatic heterocycles. The van der Waals surface area contributed by atoms with Crippen LogP contribution in [-0.2, 0) is 10.0 Å². The summed E-state index contributed by atoms with van der Waals surface area (Å²) in [5.74, 6) is 0.372. The van der Waals surface area contributed by atoms with E-state index in [1.165, 1.54) is 36.9 Å². The maximum absolute atomic E-state index is 13.4. The standard InChI is InChI=1S/C27H23N7O4S/c1-17-10-20(12-21(11-17)38-2)30-25-26(33-24-9-4-3-8-23(24)32-25)34-39(36,37)22-7-5-6-19(13-22)31-27(35)18-14-28-16-29-15-18/h3-16H,1-2H3,(H,30,32)(H,31,35)(H,33,34). The number of anilines is 4. The van der Waals surface area contributed by atoms with Crippen LogP contribution in [-0.4, -0.2) is 41.4 Å². The Morgan fingerprint density at radius 1 is 0.846 bits per heavy atom. The zero-order chi connectivity index (χ0) is 27.4. The molecule has 2 heterocycles. The number of sulfonamides is 1. The van der Waals surface area contributed by atoms with Crippen molar-refractivity contribution in [3.63, 3.8) is 0 Å². The van der Waals surface area contributed by atoms with Crippen molar-refractivity contribution >= 4 is 50.0 Å². The van der Waals surface area contributed by atoms with Crippen molar-refractivity contribution in [3.05, 3.63) is 96.6 Å². The number of carbonyl (C=O) groups excluding carboxylic acids is 1. The topological polar surface area (TPSA) is 148 Å². The lowest BCUT2D eigenvalue weighted by atomic mass is 10.2. The van der Waals surface area contributed by atoms with Crippen molar-refractivity contribution in [1.82, 2.24) is 19.9 Å².